The zero-order valence-electron chi connectivity index (χ0n) is 9.40. The molecule has 1 N–H and O–H groups in total. The number of hydrogen-bond acceptors (Lipinski definition) is 3. The van der Waals surface area contributed by atoms with Gasteiger partial charge in [0.2, 0.25) is 0 Å². The Bertz CT molecular complexity index is 265. The molecule has 0 bridgehead atoms. The lowest BCUT2D eigenvalue weighted by Crippen LogP contribution is -2.61. The van der Waals surface area contributed by atoms with Crippen LogP contribution in [0, 0.1) is 5.41 Å². The largest absolute Gasteiger partial charge is 0.480 e. The van der Waals surface area contributed by atoms with Crippen LogP contribution in [0.15, 0.2) is 0 Å². The molecule has 0 aromatic rings. The van der Waals surface area contributed by atoms with Crippen LogP contribution in [-0.2, 0) is 9.53 Å². The molecule has 2 rings (SSSR count). The topological polar surface area (TPSA) is 49.8 Å². The molecule has 0 spiro atoms. The van der Waals surface area contributed by atoms with Crippen LogP contribution in [0.1, 0.15) is 26.7 Å². The van der Waals surface area contributed by atoms with Crippen molar-refractivity contribution in [3.8, 4) is 0 Å². The third-order valence-corrected chi connectivity index (χ3v) is 3.82. The molecule has 15 heavy (non-hydrogen) atoms. The number of ether oxygens (including phenoxy) is 1. The second-order valence-electron chi connectivity index (χ2n) is 5.21. The number of carboxylic acids is 1. The van der Waals surface area contributed by atoms with Crippen molar-refractivity contribution in [3.63, 3.8) is 0 Å². The van der Waals surface area contributed by atoms with Crippen molar-refractivity contribution in [2.75, 3.05) is 19.8 Å². The zero-order valence-corrected chi connectivity index (χ0v) is 9.40. The van der Waals surface area contributed by atoms with Gasteiger partial charge < -0.3 is 9.84 Å². The van der Waals surface area contributed by atoms with Gasteiger partial charge in [-0.15, -0.1) is 0 Å². The van der Waals surface area contributed by atoms with Gasteiger partial charge in [0.15, 0.2) is 0 Å². The van der Waals surface area contributed by atoms with Crippen molar-refractivity contribution in [2.45, 2.75) is 38.8 Å². The van der Waals surface area contributed by atoms with E-state index < -0.39 is 12.0 Å². The zero-order chi connectivity index (χ0) is 11.1. The number of carboxylic acid groups (broad SMARTS) is 1. The average molecular weight is 213 g/mol. The number of aliphatic carboxylic acids is 1. The van der Waals surface area contributed by atoms with E-state index in [-0.39, 0.29) is 5.41 Å². The highest BCUT2D eigenvalue weighted by molar-refractivity contribution is 5.73. The van der Waals surface area contributed by atoms with Crippen molar-refractivity contribution in [1.29, 1.82) is 0 Å². The first-order valence-corrected chi connectivity index (χ1v) is 5.59. The molecule has 2 unspecified atom stereocenters. The summed E-state index contributed by atoms with van der Waals surface area (Å²) in [6.45, 7) is 6.19. The Morgan fingerprint density at radius 2 is 2.27 bits per heavy atom. The number of nitrogens with zero attached hydrogens (tertiary/aromatic N) is 1. The van der Waals surface area contributed by atoms with Gasteiger partial charge in [0.05, 0.1) is 13.2 Å². The fourth-order valence-corrected chi connectivity index (χ4v) is 2.67. The minimum absolute atomic E-state index is 0.269. The second kappa shape index (κ2) is 3.76. The van der Waals surface area contributed by atoms with Crippen LogP contribution < -0.4 is 0 Å². The molecule has 0 aromatic carbocycles. The van der Waals surface area contributed by atoms with Crippen LogP contribution in [0.3, 0.4) is 0 Å². The van der Waals surface area contributed by atoms with Crippen LogP contribution in [0.5, 0.6) is 0 Å². The molecule has 4 nitrogen and oxygen atoms in total. The predicted molar refractivity (Wildman–Crippen MR) is 55.8 cm³/mol. The summed E-state index contributed by atoms with van der Waals surface area (Å²) in [4.78, 5) is 13.2. The van der Waals surface area contributed by atoms with Gasteiger partial charge in [-0.05, 0) is 18.3 Å². The summed E-state index contributed by atoms with van der Waals surface area (Å²) in [7, 11) is 0. The van der Waals surface area contributed by atoms with Gasteiger partial charge in [0.25, 0.3) is 0 Å². The molecule has 2 aliphatic rings. The molecule has 1 saturated carbocycles. The smallest absolute Gasteiger partial charge is 0.323 e. The highest BCUT2D eigenvalue weighted by atomic mass is 16.5. The minimum Gasteiger partial charge on any atom is -0.480 e. The molecule has 1 aliphatic carbocycles. The van der Waals surface area contributed by atoms with E-state index in [4.69, 9.17) is 9.84 Å². The monoisotopic (exact) mass is 213 g/mol. The Kier molecular flexibility index (Phi) is 2.73. The first-order valence-electron chi connectivity index (χ1n) is 5.59. The Labute approximate surface area is 90.2 Å². The maximum Gasteiger partial charge on any atom is 0.323 e. The number of rotatable bonds is 2. The first-order chi connectivity index (χ1) is 7.02. The van der Waals surface area contributed by atoms with E-state index in [1.807, 2.05) is 0 Å². The van der Waals surface area contributed by atoms with Crippen LogP contribution >= 0.6 is 0 Å². The molecule has 1 aliphatic heterocycles. The molecule has 0 aromatic heterocycles. The van der Waals surface area contributed by atoms with E-state index in [9.17, 15) is 4.79 Å². The molecule has 0 radical (unpaired) electrons. The predicted octanol–water partition coefficient (Wildman–Crippen LogP) is 0.960. The van der Waals surface area contributed by atoms with Crippen LogP contribution in [0.2, 0.25) is 0 Å². The Balaban J connectivity index is 2.08. The lowest BCUT2D eigenvalue weighted by atomic mass is 9.66. The summed E-state index contributed by atoms with van der Waals surface area (Å²) in [5, 5.41) is 9.13. The van der Waals surface area contributed by atoms with Gasteiger partial charge >= 0.3 is 5.97 Å². The molecular weight excluding hydrogens is 194 g/mol. The van der Waals surface area contributed by atoms with Crippen molar-refractivity contribution in [1.82, 2.24) is 4.90 Å². The summed E-state index contributed by atoms with van der Waals surface area (Å²) >= 11 is 0. The van der Waals surface area contributed by atoms with Crippen LogP contribution in [0.25, 0.3) is 0 Å². The average Bonchev–Trinajstić information content (AvgIpc) is 2.17. The van der Waals surface area contributed by atoms with Gasteiger partial charge in [0, 0.05) is 12.6 Å². The first kappa shape index (κ1) is 10.9. The summed E-state index contributed by atoms with van der Waals surface area (Å²) in [5.74, 6) is -0.752. The molecule has 4 heteroatoms. The fourth-order valence-electron chi connectivity index (χ4n) is 2.67. The summed E-state index contributed by atoms with van der Waals surface area (Å²) < 4.78 is 5.24. The standard InChI is InChI=1S/C11H19NO3/c1-11(2)4-3-9(11)12-5-6-15-7-8(12)10(13)14/h8-9H,3-7H2,1-2H3,(H,13,14). The second-order valence-corrected chi connectivity index (χ2v) is 5.21. The lowest BCUT2D eigenvalue weighted by Gasteiger charge is -2.53. The van der Waals surface area contributed by atoms with Gasteiger partial charge in [0.1, 0.15) is 6.04 Å². The van der Waals surface area contributed by atoms with Crippen LogP contribution in [0.4, 0.5) is 0 Å². The third-order valence-electron chi connectivity index (χ3n) is 3.82. The van der Waals surface area contributed by atoms with Gasteiger partial charge in [-0.1, -0.05) is 13.8 Å². The van der Waals surface area contributed by atoms with E-state index in [0.29, 0.717) is 19.3 Å². The highest BCUT2D eigenvalue weighted by Gasteiger charge is 2.46. The Morgan fingerprint density at radius 1 is 1.53 bits per heavy atom. The molecule has 1 heterocycles. The van der Waals surface area contributed by atoms with Gasteiger partial charge in [-0.3, -0.25) is 9.69 Å². The van der Waals surface area contributed by atoms with Gasteiger partial charge in [-0.25, -0.2) is 0 Å². The normalized spacial score (nSPS) is 35.9. The molecule has 2 fully saturated rings. The minimum atomic E-state index is -0.752. The van der Waals surface area contributed by atoms with Crippen molar-refractivity contribution in [2.24, 2.45) is 5.41 Å². The van der Waals surface area contributed by atoms with Crippen molar-refractivity contribution >= 4 is 5.97 Å². The Hall–Kier alpha value is -0.610. The summed E-state index contributed by atoms with van der Waals surface area (Å²) in [5.41, 5.74) is 0.269. The van der Waals surface area contributed by atoms with E-state index in [0.717, 1.165) is 13.0 Å². The van der Waals surface area contributed by atoms with E-state index >= 15 is 0 Å². The van der Waals surface area contributed by atoms with Gasteiger partial charge in [-0.2, -0.15) is 0 Å². The van der Waals surface area contributed by atoms with E-state index in [1.54, 1.807) is 0 Å². The molecule has 2 atom stereocenters. The quantitative estimate of drug-likeness (QED) is 0.742. The molecule has 0 amide bonds. The third kappa shape index (κ3) is 1.88. The highest BCUT2D eigenvalue weighted by Crippen LogP contribution is 2.44. The number of carbonyl (C=O) groups is 1. The lowest BCUT2D eigenvalue weighted by molar-refractivity contribution is -0.158. The maximum atomic E-state index is 11.1. The van der Waals surface area contributed by atoms with E-state index in [1.165, 1.54) is 6.42 Å². The SMILES string of the molecule is CC1(C)CCC1N1CCOCC1C(=O)O. The summed E-state index contributed by atoms with van der Waals surface area (Å²) in [6.07, 6.45) is 2.32. The Morgan fingerprint density at radius 3 is 2.73 bits per heavy atom. The molecular formula is C11H19NO3. The number of hydrogen-bond donors (Lipinski definition) is 1. The van der Waals surface area contributed by atoms with E-state index in [2.05, 4.69) is 18.7 Å². The van der Waals surface area contributed by atoms with Crippen molar-refractivity contribution in [3.05, 3.63) is 0 Å². The van der Waals surface area contributed by atoms with Crippen molar-refractivity contribution < 1.29 is 14.6 Å². The number of morpholine rings is 1. The summed E-state index contributed by atoms with van der Waals surface area (Å²) in [6, 6.07) is -0.0224. The molecule has 86 valence electrons. The maximum absolute atomic E-state index is 11.1. The fraction of sp³-hybridized carbons (Fsp3) is 0.909. The molecule has 1 saturated heterocycles. The van der Waals surface area contributed by atoms with Crippen LogP contribution in [-0.4, -0.2) is 47.8 Å².